The van der Waals surface area contributed by atoms with Crippen LogP contribution >= 0.6 is 11.3 Å². The van der Waals surface area contributed by atoms with Gasteiger partial charge in [-0.05, 0) is 44.4 Å². The predicted molar refractivity (Wildman–Crippen MR) is 103 cm³/mol. The van der Waals surface area contributed by atoms with Gasteiger partial charge in [0, 0.05) is 44.5 Å². The quantitative estimate of drug-likeness (QED) is 0.634. The van der Waals surface area contributed by atoms with Crippen LogP contribution in [-0.4, -0.2) is 43.7 Å². The lowest BCUT2D eigenvalue weighted by Gasteiger charge is -2.28. The van der Waals surface area contributed by atoms with Gasteiger partial charge < -0.3 is 15.5 Å². The number of rotatable bonds is 5. The minimum atomic E-state index is 0.577. The first-order chi connectivity index (χ1) is 11.7. The lowest BCUT2D eigenvalue weighted by molar-refractivity contribution is 0.329. The Morgan fingerprint density at radius 2 is 2.04 bits per heavy atom. The van der Waals surface area contributed by atoms with Gasteiger partial charge >= 0.3 is 0 Å². The minimum absolute atomic E-state index is 0.577. The number of hydrogen-bond donors (Lipinski definition) is 2. The molecule has 2 aliphatic rings. The highest BCUT2D eigenvalue weighted by atomic mass is 32.1. The standard InChI is InChI=1S/C18H31N5S/c1-14-5-7-15(8-6-14)21-17(19-2)20-10-9-16-13-24-18(22-16)23-11-3-4-12-23/h13-15H,3-12H2,1-2H3,(H2,19,20,21). The van der Waals surface area contributed by atoms with E-state index in [1.165, 1.54) is 62.4 Å². The van der Waals surface area contributed by atoms with E-state index in [1.54, 1.807) is 11.3 Å². The zero-order valence-corrected chi connectivity index (χ0v) is 15.9. The third-order valence-corrected chi connectivity index (χ3v) is 6.12. The average Bonchev–Trinajstić information content (AvgIpc) is 3.27. The normalized spacial score (nSPS) is 25.1. The van der Waals surface area contributed by atoms with Gasteiger partial charge in [-0.2, -0.15) is 0 Å². The summed E-state index contributed by atoms with van der Waals surface area (Å²) in [5, 5.41) is 10.4. The SMILES string of the molecule is CN=C(NCCc1csc(N2CCCC2)n1)NC1CCC(C)CC1. The van der Waals surface area contributed by atoms with E-state index in [0.717, 1.165) is 24.8 Å². The Balaban J connectivity index is 1.40. The van der Waals surface area contributed by atoms with E-state index in [9.17, 15) is 0 Å². The molecule has 0 amide bonds. The molecular formula is C18H31N5S. The van der Waals surface area contributed by atoms with Crippen LogP contribution in [-0.2, 0) is 6.42 Å². The maximum absolute atomic E-state index is 4.78. The van der Waals surface area contributed by atoms with Crippen molar-refractivity contribution >= 4 is 22.4 Å². The number of thiazole rings is 1. The lowest BCUT2D eigenvalue weighted by atomic mass is 9.87. The molecule has 2 fully saturated rings. The number of aliphatic imine (C=N–C) groups is 1. The Hall–Kier alpha value is -1.30. The molecule has 134 valence electrons. The molecule has 0 unspecified atom stereocenters. The molecule has 3 rings (SSSR count). The van der Waals surface area contributed by atoms with Crippen molar-refractivity contribution in [3.8, 4) is 0 Å². The van der Waals surface area contributed by atoms with E-state index in [-0.39, 0.29) is 0 Å². The first-order valence-corrected chi connectivity index (χ1v) is 10.3. The molecule has 5 nitrogen and oxygen atoms in total. The van der Waals surface area contributed by atoms with Crippen LogP contribution in [0.5, 0.6) is 0 Å². The topological polar surface area (TPSA) is 52.6 Å². The number of nitrogens with zero attached hydrogens (tertiary/aromatic N) is 3. The van der Waals surface area contributed by atoms with Crippen LogP contribution in [0.15, 0.2) is 10.4 Å². The van der Waals surface area contributed by atoms with E-state index < -0.39 is 0 Å². The second-order valence-electron chi connectivity index (χ2n) is 7.17. The van der Waals surface area contributed by atoms with Gasteiger partial charge in [0.25, 0.3) is 0 Å². The molecule has 0 bridgehead atoms. The molecule has 24 heavy (non-hydrogen) atoms. The Bertz CT molecular complexity index is 527. The van der Waals surface area contributed by atoms with Crippen LogP contribution in [0.4, 0.5) is 5.13 Å². The van der Waals surface area contributed by atoms with Gasteiger partial charge in [-0.15, -0.1) is 11.3 Å². The van der Waals surface area contributed by atoms with E-state index in [1.807, 2.05) is 7.05 Å². The summed E-state index contributed by atoms with van der Waals surface area (Å²) in [5.74, 6) is 1.82. The van der Waals surface area contributed by atoms with Crippen LogP contribution in [0.2, 0.25) is 0 Å². The second-order valence-corrected chi connectivity index (χ2v) is 8.00. The zero-order valence-electron chi connectivity index (χ0n) is 15.1. The van der Waals surface area contributed by atoms with E-state index >= 15 is 0 Å². The molecular weight excluding hydrogens is 318 g/mol. The zero-order chi connectivity index (χ0) is 16.8. The first kappa shape index (κ1) is 17.5. The molecule has 2 N–H and O–H groups in total. The van der Waals surface area contributed by atoms with E-state index in [0.29, 0.717) is 6.04 Å². The highest BCUT2D eigenvalue weighted by Crippen LogP contribution is 2.24. The van der Waals surface area contributed by atoms with Gasteiger partial charge in [0.05, 0.1) is 5.69 Å². The highest BCUT2D eigenvalue weighted by Gasteiger charge is 2.19. The summed E-state index contributed by atoms with van der Waals surface area (Å²) in [6, 6.07) is 0.577. The molecule has 1 aliphatic heterocycles. The molecule has 0 aromatic carbocycles. The van der Waals surface area contributed by atoms with Crippen molar-refractivity contribution in [2.24, 2.45) is 10.9 Å². The predicted octanol–water partition coefficient (Wildman–Crippen LogP) is 3.03. The van der Waals surface area contributed by atoms with Crippen LogP contribution in [0.1, 0.15) is 51.1 Å². The Morgan fingerprint density at radius 1 is 1.29 bits per heavy atom. The van der Waals surface area contributed by atoms with Crippen molar-refractivity contribution < 1.29 is 0 Å². The summed E-state index contributed by atoms with van der Waals surface area (Å²) in [5.41, 5.74) is 1.19. The van der Waals surface area contributed by atoms with Crippen molar-refractivity contribution in [3.05, 3.63) is 11.1 Å². The van der Waals surface area contributed by atoms with Crippen LogP contribution in [0.25, 0.3) is 0 Å². The van der Waals surface area contributed by atoms with Crippen LogP contribution in [0, 0.1) is 5.92 Å². The molecule has 1 aromatic rings. The molecule has 1 saturated carbocycles. The largest absolute Gasteiger partial charge is 0.356 e. The van der Waals surface area contributed by atoms with Crippen molar-refractivity contribution in [2.45, 2.75) is 57.9 Å². The molecule has 0 spiro atoms. The molecule has 1 saturated heterocycles. The fourth-order valence-corrected chi connectivity index (χ4v) is 4.48. The van der Waals surface area contributed by atoms with Crippen molar-refractivity contribution in [1.29, 1.82) is 0 Å². The molecule has 0 radical (unpaired) electrons. The molecule has 1 aromatic heterocycles. The third kappa shape index (κ3) is 4.85. The maximum Gasteiger partial charge on any atom is 0.191 e. The van der Waals surface area contributed by atoms with Gasteiger partial charge in [-0.1, -0.05) is 6.92 Å². The number of aromatic nitrogens is 1. The van der Waals surface area contributed by atoms with Crippen molar-refractivity contribution in [2.75, 3.05) is 31.6 Å². The summed E-state index contributed by atoms with van der Waals surface area (Å²) >= 11 is 1.78. The van der Waals surface area contributed by atoms with Crippen molar-refractivity contribution in [1.82, 2.24) is 15.6 Å². The van der Waals surface area contributed by atoms with Gasteiger partial charge in [-0.3, -0.25) is 4.99 Å². The number of anilines is 1. The van der Waals surface area contributed by atoms with Gasteiger partial charge in [0.1, 0.15) is 0 Å². The highest BCUT2D eigenvalue weighted by molar-refractivity contribution is 7.13. The third-order valence-electron chi connectivity index (χ3n) is 5.17. The molecule has 6 heteroatoms. The summed E-state index contributed by atoms with van der Waals surface area (Å²) in [4.78, 5) is 11.6. The van der Waals surface area contributed by atoms with E-state index in [2.05, 4.69) is 32.8 Å². The maximum atomic E-state index is 4.78. The molecule has 1 aliphatic carbocycles. The second kappa shape index (κ2) is 8.70. The minimum Gasteiger partial charge on any atom is -0.356 e. The number of nitrogens with one attached hydrogen (secondary N) is 2. The number of guanidine groups is 1. The van der Waals surface area contributed by atoms with Gasteiger partial charge in [-0.25, -0.2) is 4.98 Å². The van der Waals surface area contributed by atoms with Crippen LogP contribution in [0.3, 0.4) is 0 Å². The Morgan fingerprint density at radius 3 is 2.75 bits per heavy atom. The van der Waals surface area contributed by atoms with Crippen molar-refractivity contribution in [3.63, 3.8) is 0 Å². The average molecular weight is 350 g/mol. The smallest absolute Gasteiger partial charge is 0.191 e. The summed E-state index contributed by atoms with van der Waals surface area (Å²) in [6.45, 7) is 5.57. The van der Waals surface area contributed by atoms with E-state index in [4.69, 9.17) is 4.98 Å². The fourth-order valence-electron chi connectivity index (χ4n) is 3.57. The fraction of sp³-hybridized carbons (Fsp3) is 0.778. The molecule has 0 atom stereocenters. The van der Waals surface area contributed by atoms with Crippen LogP contribution < -0.4 is 15.5 Å². The molecule has 2 heterocycles. The Kier molecular flexibility index (Phi) is 6.35. The number of hydrogen-bond acceptors (Lipinski definition) is 4. The lowest BCUT2D eigenvalue weighted by Crippen LogP contribution is -2.45. The summed E-state index contributed by atoms with van der Waals surface area (Å²) in [6.07, 6.45) is 8.73. The van der Waals surface area contributed by atoms with Gasteiger partial charge in [0.15, 0.2) is 11.1 Å². The first-order valence-electron chi connectivity index (χ1n) is 9.41. The summed E-state index contributed by atoms with van der Waals surface area (Å²) in [7, 11) is 1.86. The monoisotopic (exact) mass is 349 g/mol. The Labute approximate surface area is 150 Å². The van der Waals surface area contributed by atoms with Gasteiger partial charge in [0.2, 0.25) is 0 Å². The summed E-state index contributed by atoms with van der Waals surface area (Å²) < 4.78 is 0.